The zero-order valence-corrected chi connectivity index (χ0v) is 19.1. The van der Waals surface area contributed by atoms with Crippen LogP contribution in [0.2, 0.25) is 0 Å². The highest BCUT2D eigenvalue weighted by Gasteiger charge is 2.34. The number of nitrogens with two attached hydrogens (primary N) is 2. The van der Waals surface area contributed by atoms with Gasteiger partial charge in [0.15, 0.2) is 5.65 Å². The van der Waals surface area contributed by atoms with Crippen LogP contribution >= 0.6 is 0 Å². The third kappa shape index (κ3) is 3.68. The molecule has 0 atom stereocenters. The monoisotopic (exact) mass is 463 g/mol. The Hall–Kier alpha value is -4.30. The van der Waals surface area contributed by atoms with Crippen molar-refractivity contribution >= 4 is 11.6 Å². The number of carbonyl (C=O) groups excluding carboxylic acids is 1. The maximum atomic E-state index is 12.1. The lowest BCUT2D eigenvalue weighted by atomic mass is 9.72. The molecule has 1 amide bonds. The number of imidazole rings is 1. The maximum Gasteiger partial charge on any atom is 0.269 e. The molecule has 5 aromatic rings. The van der Waals surface area contributed by atoms with E-state index in [2.05, 4.69) is 39.6 Å². The minimum atomic E-state index is -0.607. The van der Waals surface area contributed by atoms with E-state index in [-0.39, 0.29) is 11.2 Å². The van der Waals surface area contributed by atoms with Gasteiger partial charge in [0.05, 0.1) is 17.1 Å². The number of rotatable bonds is 6. The first-order valence-corrected chi connectivity index (χ1v) is 11.7. The minimum absolute atomic E-state index is 0.154. The molecule has 6 rings (SSSR count). The first-order chi connectivity index (χ1) is 17.0. The van der Waals surface area contributed by atoms with Crippen LogP contribution in [-0.4, -0.2) is 30.7 Å². The number of hydrogen-bond donors (Lipinski definition) is 3. The fourth-order valence-electron chi connectivity index (χ4n) is 4.79. The lowest BCUT2D eigenvalue weighted by Crippen LogP contribution is -2.43. The van der Waals surface area contributed by atoms with E-state index in [1.165, 1.54) is 12.0 Å². The molecule has 0 spiro atoms. The number of amides is 1. The van der Waals surface area contributed by atoms with Crippen molar-refractivity contribution in [2.45, 2.75) is 31.2 Å². The second-order valence-corrected chi connectivity index (χ2v) is 9.17. The molecule has 1 aliphatic rings. The number of nitrogens with zero attached hydrogens (tertiary/aromatic N) is 4. The second-order valence-electron chi connectivity index (χ2n) is 9.17. The van der Waals surface area contributed by atoms with E-state index < -0.39 is 5.91 Å². The molecule has 0 unspecified atom stereocenters. The van der Waals surface area contributed by atoms with E-state index in [0.29, 0.717) is 17.6 Å². The van der Waals surface area contributed by atoms with Gasteiger partial charge in [-0.3, -0.25) is 9.89 Å². The maximum absolute atomic E-state index is 12.1. The predicted molar refractivity (Wildman–Crippen MR) is 133 cm³/mol. The van der Waals surface area contributed by atoms with Crippen molar-refractivity contribution in [3.8, 4) is 22.5 Å². The minimum Gasteiger partial charge on any atom is -0.364 e. The zero-order chi connectivity index (χ0) is 24.0. The van der Waals surface area contributed by atoms with Gasteiger partial charge in [-0.05, 0) is 42.5 Å². The van der Waals surface area contributed by atoms with Gasteiger partial charge in [0, 0.05) is 29.3 Å². The summed E-state index contributed by atoms with van der Waals surface area (Å²) in [4.78, 5) is 17.2. The Morgan fingerprint density at radius 1 is 1.06 bits per heavy atom. The number of fused-ring (bicyclic) bond motifs is 1. The van der Waals surface area contributed by atoms with Crippen molar-refractivity contribution in [1.29, 1.82) is 0 Å². The summed E-state index contributed by atoms with van der Waals surface area (Å²) >= 11 is 0. The van der Waals surface area contributed by atoms with E-state index >= 15 is 0 Å². The zero-order valence-electron chi connectivity index (χ0n) is 19.1. The average molecular weight is 464 g/mol. The summed E-state index contributed by atoms with van der Waals surface area (Å²) in [6, 6.07) is 21.9. The lowest BCUT2D eigenvalue weighted by Gasteiger charge is -2.38. The fourth-order valence-corrected chi connectivity index (χ4v) is 4.79. The second kappa shape index (κ2) is 8.18. The van der Waals surface area contributed by atoms with E-state index in [1.54, 1.807) is 16.8 Å². The van der Waals surface area contributed by atoms with Crippen LogP contribution in [0, 0.1) is 0 Å². The summed E-state index contributed by atoms with van der Waals surface area (Å²) < 4.78 is 1.72. The summed E-state index contributed by atoms with van der Waals surface area (Å²) in [6.07, 6.45) is 5.49. The van der Waals surface area contributed by atoms with Gasteiger partial charge in [-0.15, -0.1) is 0 Å². The van der Waals surface area contributed by atoms with Gasteiger partial charge in [0.2, 0.25) is 0 Å². The quantitative estimate of drug-likeness (QED) is 0.353. The Labute approximate surface area is 202 Å². The first-order valence-electron chi connectivity index (χ1n) is 11.7. The van der Waals surface area contributed by atoms with Gasteiger partial charge >= 0.3 is 0 Å². The first kappa shape index (κ1) is 21.2. The van der Waals surface area contributed by atoms with Crippen molar-refractivity contribution in [2.75, 3.05) is 0 Å². The molecule has 5 N–H and O–H groups in total. The van der Waals surface area contributed by atoms with Gasteiger partial charge in [0.25, 0.3) is 5.91 Å². The number of H-pyrrole nitrogens is 1. The largest absolute Gasteiger partial charge is 0.364 e. The topological polar surface area (TPSA) is 128 Å². The van der Waals surface area contributed by atoms with Crippen LogP contribution < -0.4 is 11.5 Å². The van der Waals surface area contributed by atoms with Crippen LogP contribution in [-0.2, 0) is 12.0 Å². The number of carbonyl (C=O) groups is 1. The number of aromatic nitrogens is 5. The molecule has 35 heavy (non-hydrogen) atoms. The van der Waals surface area contributed by atoms with E-state index in [0.717, 1.165) is 41.1 Å². The van der Waals surface area contributed by atoms with Crippen LogP contribution in [0.5, 0.6) is 0 Å². The SMILES string of the molecule is NC(=O)c1cc(-c2ccn[nH]2)c2nc(Cc3ccc(C4(N)CCC4)cc3)c(-c3ccccc3)n2n1. The van der Waals surface area contributed by atoms with Gasteiger partial charge in [-0.25, -0.2) is 9.50 Å². The molecular weight excluding hydrogens is 438 g/mol. The van der Waals surface area contributed by atoms with Crippen molar-refractivity contribution < 1.29 is 4.79 Å². The molecule has 0 radical (unpaired) electrons. The average Bonchev–Trinajstić information content (AvgIpc) is 3.51. The van der Waals surface area contributed by atoms with Crippen LogP contribution in [0.15, 0.2) is 72.9 Å². The van der Waals surface area contributed by atoms with Crippen LogP contribution in [0.3, 0.4) is 0 Å². The van der Waals surface area contributed by atoms with Gasteiger partial charge < -0.3 is 11.5 Å². The van der Waals surface area contributed by atoms with Crippen molar-refractivity contribution in [1.82, 2.24) is 24.8 Å². The molecule has 1 saturated carbocycles. The molecule has 0 bridgehead atoms. The lowest BCUT2D eigenvalue weighted by molar-refractivity contribution is 0.0994. The standard InChI is InChI=1S/C27H25N7O/c28-25(35)23-16-20(21-11-14-30-32-21)26-31-22(24(34(26)33-23)18-5-2-1-3-6-18)15-17-7-9-19(10-8-17)27(29)12-4-13-27/h1-3,5-11,14,16H,4,12-13,15,29H2,(H2,28,35)(H,30,32). The number of hydrogen-bond acceptors (Lipinski definition) is 5. The van der Waals surface area contributed by atoms with E-state index in [1.807, 2.05) is 36.4 Å². The summed E-state index contributed by atoms with van der Waals surface area (Å²) in [5, 5.41) is 11.6. The van der Waals surface area contributed by atoms with Crippen LogP contribution in [0.25, 0.3) is 28.2 Å². The third-order valence-electron chi connectivity index (χ3n) is 6.89. The Bertz CT molecular complexity index is 1520. The molecule has 3 aromatic heterocycles. The molecule has 2 aromatic carbocycles. The Morgan fingerprint density at radius 2 is 1.83 bits per heavy atom. The van der Waals surface area contributed by atoms with Gasteiger partial charge in [-0.1, -0.05) is 54.6 Å². The molecule has 0 saturated heterocycles. The highest BCUT2D eigenvalue weighted by molar-refractivity contribution is 5.93. The Balaban J connectivity index is 1.52. The van der Waals surface area contributed by atoms with Gasteiger partial charge in [0.1, 0.15) is 5.69 Å². The normalized spacial score (nSPS) is 14.7. The molecule has 8 nitrogen and oxygen atoms in total. The summed E-state index contributed by atoms with van der Waals surface area (Å²) in [5.41, 5.74) is 19.1. The predicted octanol–water partition coefficient (Wildman–Crippen LogP) is 3.81. The third-order valence-corrected chi connectivity index (χ3v) is 6.89. The molecule has 174 valence electrons. The smallest absolute Gasteiger partial charge is 0.269 e. The summed E-state index contributed by atoms with van der Waals surface area (Å²) in [5.74, 6) is -0.607. The van der Waals surface area contributed by atoms with Crippen LogP contribution in [0.1, 0.15) is 46.6 Å². The summed E-state index contributed by atoms with van der Waals surface area (Å²) in [6.45, 7) is 0. The van der Waals surface area contributed by atoms with Crippen LogP contribution in [0.4, 0.5) is 0 Å². The molecular formula is C27H25N7O. The molecule has 1 aliphatic carbocycles. The fraction of sp³-hybridized carbons (Fsp3) is 0.185. The summed E-state index contributed by atoms with van der Waals surface area (Å²) in [7, 11) is 0. The van der Waals surface area contributed by atoms with Crippen molar-refractivity contribution in [3.63, 3.8) is 0 Å². The molecule has 3 heterocycles. The van der Waals surface area contributed by atoms with Gasteiger partial charge in [-0.2, -0.15) is 10.2 Å². The van der Waals surface area contributed by atoms with E-state index in [4.69, 9.17) is 16.5 Å². The highest BCUT2D eigenvalue weighted by Crippen LogP contribution is 2.39. The number of benzene rings is 2. The Kier molecular flexibility index (Phi) is 4.96. The number of primary amides is 1. The number of aromatic amines is 1. The molecule has 0 aliphatic heterocycles. The van der Waals surface area contributed by atoms with Crippen molar-refractivity contribution in [3.05, 3.63) is 95.4 Å². The highest BCUT2D eigenvalue weighted by atomic mass is 16.1. The van der Waals surface area contributed by atoms with E-state index in [9.17, 15) is 4.79 Å². The Morgan fingerprint density at radius 3 is 2.46 bits per heavy atom. The molecule has 8 heteroatoms. The molecule has 1 fully saturated rings. The number of nitrogens with one attached hydrogen (secondary N) is 1. The van der Waals surface area contributed by atoms with Crippen molar-refractivity contribution in [2.24, 2.45) is 11.5 Å².